The van der Waals surface area contributed by atoms with Crippen LogP contribution in [0.15, 0.2) is 4.99 Å². The van der Waals surface area contributed by atoms with Crippen LogP contribution in [0, 0.1) is 0 Å². The number of hydrogen-bond donors (Lipinski definition) is 0. The van der Waals surface area contributed by atoms with Crippen LogP contribution in [0.5, 0.6) is 0 Å². The van der Waals surface area contributed by atoms with E-state index in [0.717, 1.165) is 0 Å². The van der Waals surface area contributed by atoms with Gasteiger partial charge in [0.05, 0.1) is 0 Å². The molecule has 1 aliphatic rings. The second-order valence-corrected chi connectivity index (χ2v) is 2.47. The molecule has 2 amide bonds. The zero-order chi connectivity index (χ0) is 8.43. The highest BCUT2D eigenvalue weighted by atomic mass is 16.2. The first-order valence-electron chi connectivity index (χ1n) is 3.51. The van der Waals surface area contributed by atoms with E-state index in [1.807, 2.05) is 6.92 Å². The van der Waals surface area contributed by atoms with Gasteiger partial charge in [-0.1, -0.05) is 6.92 Å². The first-order chi connectivity index (χ1) is 5.15. The molecule has 0 aromatic carbocycles. The number of aliphatic imine (C=N–C) groups is 1. The summed E-state index contributed by atoms with van der Waals surface area (Å²) >= 11 is 0. The topological polar surface area (TPSA) is 49.7 Å². The zero-order valence-corrected chi connectivity index (χ0v) is 6.63. The summed E-state index contributed by atoms with van der Waals surface area (Å²) in [6.07, 6.45) is 0.523. The third-order valence-electron chi connectivity index (χ3n) is 1.56. The molecule has 4 heteroatoms. The van der Waals surface area contributed by atoms with E-state index < -0.39 is 0 Å². The Kier molecular flexibility index (Phi) is 2.03. The maximum Gasteiger partial charge on any atom is 0.268 e. The summed E-state index contributed by atoms with van der Waals surface area (Å²) < 4.78 is 0. The van der Waals surface area contributed by atoms with E-state index in [1.165, 1.54) is 4.90 Å². The van der Waals surface area contributed by atoms with Gasteiger partial charge < -0.3 is 4.90 Å². The number of carbonyl (C=O) groups excluding carboxylic acids is 2. The summed E-state index contributed by atoms with van der Waals surface area (Å²) in [6, 6.07) is 0. The molecule has 0 aliphatic carbocycles. The fourth-order valence-corrected chi connectivity index (χ4v) is 0.959. The highest BCUT2D eigenvalue weighted by molar-refractivity contribution is 6.41. The summed E-state index contributed by atoms with van der Waals surface area (Å²) in [5.74, 6) is -0.365. The molecular formula is C7H10N2O2. The predicted octanol–water partition coefficient (Wildman–Crippen LogP) is -0.164. The highest BCUT2D eigenvalue weighted by Crippen LogP contribution is 2.00. The van der Waals surface area contributed by atoms with E-state index in [4.69, 9.17) is 0 Å². The molecule has 0 unspecified atom stereocenters. The third kappa shape index (κ3) is 1.45. The quantitative estimate of drug-likeness (QED) is 0.526. The number of amides is 2. The van der Waals surface area contributed by atoms with Crippen molar-refractivity contribution in [3.63, 3.8) is 0 Å². The Morgan fingerprint density at radius 3 is 2.73 bits per heavy atom. The lowest BCUT2D eigenvalue weighted by Crippen LogP contribution is -2.41. The van der Waals surface area contributed by atoms with Gasteiger partial charge in [-0.15, -0.1) is 0 Å². The molecule has 0 saturated carbocycles. The van der Waals surface area contributed by atoms with E-state index in [-0.39, 0.29) is 18.4 Å². The Labute approximate surface area is 64.9 Å². The van der Waals surface area contributed by atoms with Gasteiger partial charge in [0.25, 0.3) is 11.8 Å². The van der Waals surface area contributed by atoms with Crippen LogP contribution in [0.2, 0.25) is 0 Å². The van der Waals surface area contributed by atoms with Crippen molar-refractivity contribution in [2.45, 2.75) is 13.3 Å². The first kappa shape index (κ1) is 7.91. The van der Waals surface area contributed by atoms with E-state index in [2.05, 4.69) is 4.99 Å². The summed E-state index contributed by atoms with van der Waals surface area (Å²) in [4.78, 5) is 27.0. The van der Waals surface area contributed by atoms with Gasteiger partial charge in [0, 0.05) is 7.05 Å². The van der Waals surface area contributed by atoms with Crippen molar-refractivity contribution >= 4 is 17.5 Å². The van der Waals surface area contributed by atoms with Crippen LogP contribution < -0.4 is 0 Å². The number of hydrogen-bond acceptors (Lipinski definition) is 2. The van der Waals surface area contributed by atoms with Gasteiger partial charge in [-0.25, -0.2) is 4.99 Å². The fraction of sp³-hybridized carbons (Fsp3) is 0.571. The number of carbonyl (C=O) groups is 2. The molecule has 1 heterocycles. The molecule has 0 radical (unpaired) electrons. The summed E-state index contributed by atoms with van der Waals surface area (Å²) in [6.45, 7) is 1.92. The molecule has 0 spiro atoms. The van der Waals surface area contributed by atoms with Crippen LogP contribution in [0.25, 0.3) is 0 Å². The third-order valence-corrected chi connectivity index (χ3v) is 1.56. The summed E-state index contributed by atoms with van der Waals surface area (Å²) in [7, 11) is 1.60. The molecule has 0 aromatic rings. The average Bonchev–Trinajstić information content (AvgIpc) is 1.96. The van der Waals surface area contributed by atoms with Crippen molar-refractivity contribution in [3.8, 4) is 0 Å². The first-order valence-corrected chi connectivity index (χ1v) is 3.51. The Morgan fingerprint density at radius 2 is 2.18 bits per heavy atom. The predicted molar refractivity (Wildman–Crippen MR) is 40.4 cm³/mol. The van der Waals surface area contributed by atoms with Gasteiger partial charge in [0.15, 0.2) is 0 Å². The molecule has 0 saturated heterocycles. The second kappa shape index (κ2) is 2.82. The lowest BCUT2D eigenvalue weighted by molar-refractivity contribution is -0.130. The maximum atomic E-state index is 11.1. The lowest BCUT2D eigenvalue weighted by Gasteiger charge is -2.19. The van der Waals surface area contributed by atoms with Gasteiger partial charge >= 0.3 is 0 Å². The smallest absolute Gasteiger partial charge is 0.268 e. The molecule has 60 valence electrons. The minimum Gasteiger partial charge on any atom is -0.331 e. The summed E-state index contributed by atoms with van der Waals surface area (Å²) in [5.41, 5.74) is 0.365. The van der Waals surface area contributed by atoms with Crippen molar-refractivity contribution in [2.75, 3.05) is 13.6 Å². The maximum absolute atomic E-state index is 11.1. The van der Waals surface area contributed by atoms with Crippen molar-refractivity contribution in [3.05, 3.63) is 0 Å². The molecule has 0 aromatic heterocycles. The molecular weight excluding hydrogens is 144 g/mol. The molecule has 11 heavy (non-hydrogen) atoms. The van der Waals surface area contributed by atoms with E-state index in [0.29, 0.717) is 12.1 Å². The van der Waals surface area contributed by atoms with Crippen molar-refractivity contribution in [1.29, 1.82) is 0 Å². The Balaban J connectivity index is 2.90. The van der Waals surface area contributed by atoms with Crippen LogP contribution in [0.4, 0.5) is 0 Å². The molecule has 0 atom stereocenters. The van der Waals surface area contributed by atoms with Crippen LogP contribution >= 0.6 is 0 Å². The minimum atomic E-state index is -0.232. The number of nitrogens with zero attached hydrogens (tertiary/aromatic N) is 2. The Bertz CT molecular complexity index is 233. The SMILES string of the molecule is CCC1=NC(=O)CN(C)C1=O. The normalized spacial score (nSPS) is 18.7. The molecule has 0 bridgehead atoms. The Hall–Kier alpha value is -1.19. The fourth-order valence-electron chi connectivity index (χ4n) is 0.959. The standard InChI is InChI=1S/C7H10N2O2/c1-3-5-7(11)9(2)4-6(10)8-5/h3-4H2,1-2H3. The molecule has 0 fully saturated rings. The minimum absolute atomic E-state index is 0.113. The molecule has 1 aliphatic heterocycles. The van der Waals surface area contributed by atoms with Crippen LogP contribution in [-0.2, 0) is 9.59 Å². The summed E-state index contributed by atoms with van der Waals surface area (Å²) in [5, 5.41) is 0. The van der Waals surface area contributed by atoms with Gasteiger partial charge in [-0.3, -0.25) is 9.59 Å². The van der Waals surface area contributed by atoms with Crippen molar-refractivity contribution in [2.24, 2.45) is 4.99 Å². The average molecular weight is 154 g/mol. The van der Waals surface area contributed by atoms with E-state index in [9.17, 15) is 9.59 Å². The Morgan fingerprint density at radius 1 is 1.55 bits per heavy atom. The molecule has 0 N–H and O–H groups in total. The van der Waals surface area contributed by atoms with Crippen LogP contribution in [0.3, 0.4) is 0 Å². The largest absolute Gasteiger partial charge is 0.331 e. The lowest BCUT2D eigenvalue weighted by atomic mass is 10.2. The van der Waals surface area contributed by atoms with Gasteiger partial charge in [-0.2, -0.15) is 0 Å². The molecule has 4 nitrogen and oxygen atoms in total. The highest BCUT2D eigenvalue weighted by Gasteiger charge is 2.22. The monoisotopic (exact) mass is 154 g/mol. The van der Waals surface area contributed by atoms with E-state index >= 15 is 0 Å². The van der Waals surface area contributed by atoms with Crippen LogP contribution in [-0.4, -0.2) is 36.0 Å². The number of rotatable bonds is 1. The zero-order valence-electron chi connectivity index (χ0n) is 6.63. The van der Waals surface area contributed by atoms with Gasteiger partial charge in [0.1, 0.15) is 12.3 Å². The van der Waals surface area contributed by atoms with Crippen molar-refractivity contribution < 1.29 is 9.59 Å². The number of likely N-dealkylation sites (N-methyl/N-ethyl adjacent to an activating group) is 1. The van der Waals surface area contributed by atoms with E-state index in [1.54, 1.807) is 7.05 Å². The molecule has 1 rings (SSSR count). The van der Waals surface area contributed by atoms with Crippen molar-refractivity contribution in [1.82, 2.24) is 4.90 Å². The van der Waals surface area contributed by atoms with Crippen LogP contribution in [0.1, 0.15) is 13.3 Å². The second-order valence-electron chi connectivity index (χ2n) is 2.47. The van der Waals surface area contributed by atoms with Gasteiger partial charge in [-0.05, 0) is 6.42 Å². The van der Waals surface area contributed by atoms with Gasteiger partial charge in [0.2, 0.25) is 0 Å².